The zero-order valence-electron chi connectivity index (χ0n) is 9.01. The predicted octanol–water partition coefficient (Wildman–Crippen LogP) is -0.776. The highest BCUT2D eigenvalue weighted by Crippen LogP contribution is 2.07. The third-order valence-electron chi connectivity index (χ3n) is 1.79. The summed E-state index contributed by atoms with van der Waals surface area (Å²) < 4.78 is 27.0. The first-order valence-electron chi connectivity index (χ1n) is 4.46. The second-order valence-corrected chi connectivity index (χ2v) is 5.03. The van der Waals surface area contributed by atoms with E-state index in [-0.39, 0.29) is 4.90 Å². The van der Waals surface area contributed by atoms with Gasteiger partial charge >= 0.3 is 0 Å². The molecule has 4 nitrogen and oxygen atoms in total. The summed E-state index contributed by atoms with van der Waals surface area (Å²) in [6.07, 6.45) is 1.28. The lowest BCUT2D eigenvalue weighted by molar-refractivity contribution is 0.595. The van der Waals surface area contributed by atoms with Crippen LogP contribution in [0.3, 0.4) is 0 Å². The highest BCUT2D eigenvalue weighted by Gasteiger charge is 2.13. The molecule has 1 aromatic rings. The third kappa shape index (κ3) is 3.09. The van der Waals surface area contributed by atoms with Gasteiger partial charge in [-0.2, -0.15) is 8.42 Å². The van der Waals surface area contributed by atoms with Gasteiger partial charge in [0.15, 0.2) is 0 Å². The van der Waals surface area contributed by atoms with Crippen LogP contribution in [0.2, 0.25) is 0 Å². The first-order valence-corrected chi connectivity index (χ1v) is 5.90. The molecule has 0 aliphatic rings. The highest BCUT2D eigenvalue weighted by molar-refractivity contribution is 7.90. The SMILES string of the molecule is Bc1ccccc1S(=O)(=O)/N=C/N(C)C. The number of hydrogen-bond acceptors (Lipinski definition) is 2. The van der Waals surface area contributed by atoms with Gasteiger partial charge in [-0.05, 0) is 6.07 Å². The minimum absolute atomic E-state index is 0.253. The summed E-state index contributed by atoms with van der Waals surface area (Å²) in [5.74, 6) is 0. The zero-order valence-corrected chi connectivity index (χ0v) is 9.82. The fourth-order valence-electron chi connectivity index (χ4n) is 1.06. The summed E-state index contributed by atoms with van der Waals surface area (Å²) in [4.78, 5) is 1.83. The lowest BCUT2D eigenvalue weighted by Crippen LogP contribution is -2.16. The Morgan fingerprint density at radius 2 is 1.93 bits per heavy atom. The average Bonchev–Trinajstić information content (AvgIpc) is 2.15. The predicted molar refractivity (Wildman–Crippen MR) is 64.0 cm³/mol. The van der Waals surface area contributed by atoms with Crippen LogP contribution in [0.15, 0.2) is 33.6 Å². The second-order valence-electron chi connectivity index (χ2n) is 3.43. The van der Waals surface area contributed by atoms with Gasteiger partial charge in [-0.3, -0.25) is 0 Å². The lowest BCUT2D eigenvalue weighted by atomic mass is 9.97. The Labute approximate surface area is 91.1 Å². The van der Waals surface area contributed by atoms with E-state index >= 15 is 0 Å². The quantitative estimate of drug-likeness (QED) is 0.384. The maximum Gasteiger partial charge on any atom is 0.283 e. The van der Waals surface area contributed by atoms with Crippen LogP contribution in [0.5, 0.6) is 0 Å². The fraction of sp³-hybridized carbons (Fsp3) is 0.222. The van der Waals surface area contributed by atoms with Gasteiger partial charge in [-0.25, -0.2) is 0 Å². The van der Waals surface area contributed by atoms with Crippen LogP contribution in [0.25, 0.3) is 0 Å². The maximum atomic E-state index is 11.7. The average molecular weight is 224 g/mol. The standard InChI is InChI=1S/C9H13BN2O2S/c1-12(2)7-11-15(13,14)9-6-4-3-5-8(9)10/h3-7H,10H2,1-2H3/b11-7+. The molecule has 0 heterocycles. The second kappa shape index (κ2) is 4.48. The topological polar surface area (TPSA) is 49.7 Å². The van der Waals surface area contributed by atoms with E-state index < -0.39 is 10.0 Å². The molecule has 0 saturated carbocycles. The molecule has 0 aromatic heterocycles. The Morgan fingerprint density at radius 3 is 2.47 bits per heavy atom. The molecule has 0 saturated heterocycles. The van der Waals surface area contributed by atoms with Gasteiger partial charge in [0.25, 0.3) is 10.0 Å². The molecule has 0 aliphatic carbocycles. The lowest BCUT2D eigenvalue weighted by Gasteiger charge is -2.05. The molecule has 1 aromatic carbocycles. The molecular formula is C9H13BN2O2S. The molecule has 0 bridgehead atoms. The molecule has 0 fully saturated rings. The van der Waals surface area contributed by atoms with Gasteiger partial charge in [0.2, 0.25) is 0 Å². The molecular weight excluding hydrogens is 211 g/mol. The number of sulfonamides is 1. The van der Waals surface area contributed by atoms with Crippen LogP contribution in [0.1, 0.15) is 0 Å². The van der Waals surface area contributed by atoms with E-state index in [0.29, 0.717) is 5.46 Å². The van der Waals surface area contributed by atoms with Gasteiger partial charge < -0.3 is 4.90 Å². The third-order valence-corrected chi connectivity index (χ3v) is 3.17. The molecule has 0 radical (unpaired) electrons. The van der Waals surface area contributed by atoms with Crippen molar-refractivity contribution in [3.8, 4) is 0 Å². The van der Waals surface area contributed by atoms with E-state index in [4.69, 9.17) is 0 Å². The van der Waals surface area contributed by atoms with Crippen molar-refractivity contribution in [2.75, 3.05) is 14.1 Å². The fourth-order valence-corrected chi connectivity index (χ4v) is 2.21. The summed E-state index contributed by atoms with van der Waals surface area (Å²) in [6.45, 7) is 0. The Morgan fingerprint density at radius 1 is 1.33 bits per heavy atom. The molecule has 0 atom stereocenters. The van der Waals surface area contributed by atoms with Crippen molar-refractivity contribution in [1.29, 1.82) is 0 Å². The molecule has 1 rings (SSSR count). The van der Waals surface area contributed by atoms with Gasteiger partial charge in [-0.1, -0.05) is 23.7 Å². The summed E-state index contributed by atoms with van der Waals surface area (Å²) in [6, 6.07) is 6.78. The monoisotopic (exact) mass is 224 g/mol. The molecule has 80 valence electrons. The Hall–Kier alpha value is -1.30. The van der Waals surface area contributed by atoms with Gasteiger partial charge in [0, 0.05) is 14.1 Å². The smallest absolute Gasteiger partial charge is 0.283 e. The van der Waals surface area contributed by atoms with E-state index in [2.05, 4.69) is 4.40 Å². The van der Waals surface area contributed by atoms with Crippen LogP contribution in [-0.4, -0.2) is 41.6 Å². The first kappa shape index (κ1) is 11.8. The largest absolute Gasteiger partial charge is 0.368 e. The Kier molecular flexibility index (Phi) is 3.52. The van der Waals surface area contributed by atoms with Gasteiger partial charge in [-0.15, -0.1) is 4.40 Å². The minimum atomic E-state index is -3.56. The number of hydrogen-bond donors (Lipinski definition) is 0. The van der Waals surface area contributed by atoms with Crippen molar-refractivity contribution in [3.05, 3.63) is 24.3 Å². The van der Waals surface area contributed by atoms with Crippen molar-refractivity contribution < 1.29 is 8.42 Å². The Bertz CT molecular complexity index is 469. The summed E-state index contributed by atoms with van der Waals surface area (Å²) in [5, 5.41) is 0. The van der Waals surface area contributed by atoms with Crippen molar-refractivity contribution >= 4 is 29.7 Å². The van der Waals surface area contributed by atoms with Crippen LogP contribution < -0.4 is 5.46 Å². The molecule has 0 amide bonds. The van der Waals surface area contributed by atoms with Crippen LogP contribution in [0.4, 0.5) is 0 Å². The Balaban J connectivity index is 3.13. The van der Waals surface area contributed by atoms with Gasteiger partial charge in [0.1, 0.15) is 14.2 Å². The van der Waals surface area contributed by atoms with Crippen LogP contribution >= 0.6 is 0 Å². The van der Waals surface area contributed by atoms with Crippen molar-refractivity contribution in [1.82, 2.24) is 4.90 Å². The summed E-state index contributed by atoms with van der Waals surface area (Å²) in [7, 11) is 1.63. The zero-order chi connectivity index (χ0) is 11.5. The van der Waals surface area contributed by atoms with Crippen LogP contribution in [0, 0.1) is 0 Å². The maximum absolute atomic E-state index is 11.7. The summed E-state index contributed by atoms with van der Waals surface area (Å²) in [5.41, 5.74) is 0.702. The minimum Gasteiger partial charge on any atom is -0.368 e. The van der Waals surface area contributed by atoms with E-state index in [1.807, 2.05) is 0 Å². The van der Waals surface area contributed by atoms with E-state index in [1.165, 1.54) is 6.34 Å². The van der Waals surface area contributed by atoms with Crippen LogP contribution in [-0.2, 0) is 10.0 Å². The molecule has 0 spiro atoms. The highest BCUT2D eigenvalue weighted by atomic mass is 32.2. The van der Waals surface area contributed by atoms with E-state index in [9.17, 15) is 8.42 Å². The number of nitrogens with zero attached hydrogens (tertiary/aromatic N) is 2. The summed E-state index contributed by atoms with van der Waals surface area (Å²) >= 11 is 0. The molecule has 0 aliphatic heterocycles. The van der Waals surface area contributed by atoms with E-state index in [0.717, 1.165) is 0 Å². The van der Waals surface area contributed by atoms with E-state index in [1.54, 1.807) is 51.1 Å². The molecule has 6 heteroatoms. The number of benzene rings is 1. The number of rotatable bonds is 3. The van der Waals surface area contributed by atoms with Crippen molar-refractivity contribution in [2.45, 2.75) is 4.90 Å². The normalized spacial score (nSPS) is 11.9. The molecule has 15 heavy (non-hydrogen) atoms. The molecule has 0 N–H and O–H groups in total. The first-order chi connectivity index (χ1) is 6.93. The molecule has 0 unspecified atom stereocenters. The van der Waals surface area contributed by atoms with Crippen molar-refractivity contribution in [3.63, 3.8) is 0 Å². The van der Waals surface area contributed by atoms with Gasteiger partial charge in [0.05, 0.1) is 4.90 Å². The van der Waals surface area contributed by atoms with Crippen molar-refractivity contribution in [2.24, 2.45) is 4.40 Å².